The van der Waals surface area contributed by atoms with Crippen LogP contribution in [0.5, 0.6) is 0 Å². The van der Waals surface area contributed by atoms with Gasteiger partial charge in [0, 0.05) is 12.5 Å². The first-order chi connectivity index (χ1) is 9.76. The van der Waals surface area contributed by atoms with E-state index in [0.29, 0.717) is 6.54 Å². The molecule has 4 nitrogen and oxygen atoms in total. The Morgan fingerprint density at radius 2 is 2.05 bits per heavy atom. The number of furan rings is 1. The molecule has 2 heterocycles. The van der Waals surface area contributed by atoms with Crippen molar-refractivity contribution in [2.24, 2.45) is 5.92 Å². The average molecular weight is 278 g/mol. The molecule has 2 rings (SSSR count). The number of nitrogens with one attached hydrogen (secondary N) is 1. The highest BCUT2D eigenvalue weighted by molar-refractivity contribution is 5.78. The van der Waals surface area contributed by atoms with Crippen LogP contribution in [0.2, 0.25) is 0 Å². The Kier molecular flexibility index (Phi) is 5.65. The minimum Gasteiger partial charge on any atom is -0.468 e. The van der Waals surface area contributed by atoms with Crippen LogP contribution in [-0.2, 0) is 4.79 Å². The number of nitrogens with zero attached hydrogens (tertiary/aromatic N) is 1. The Hall–Kier alpha value is -1.29. The van der Waals surface area contributed by atoms with Gasteiger partial charge in [-0.05, 0) is 50.9 Å². The van der Waals surface area contributed by atoms with Crippen molar-refractivity contribution >= 4 is 5.91 Å². The maximum Gasteiger partial charge on any atom is 0.223 e. The van der Waals surface area contributed by atoms with Crippen molar-refractivity contribution in [1.29, 1.82) is 0 Å². The summed E-state index contributed by atoms with van der Waals surface area (Å²) in [6.07, 6.45) is 5.98. The quantitative estimate of drug-likeness (QED) is 0.834. The van der Waals surface area contributed by atoms with E-state index in [1.54, 1.807) is 6.26 Å². The van der Waals surface area contributed by atoms with Gasteiger partial charge in [-0.15, -0.1) is 0 Å². The van der Waals surface area contributed by atoms with Crippen LogP contribution in [0.4, 0.5) is 0 Å². The third-order valence-electron chi connectivity index (χ3n) is 4.28. The van der Waals surface area contributed by atoms with Crippen molar-refractivity contribution in [1.82, 2.24) is 10.2 Å². The molecule has 0 bridgehead atoms. The van der Waals surface area contributed by atoms with Gasteiger partial charge in [0.25, 0.3) is 0 Å². The van der Waals surface area contributed by atoms with E-state index in [1.807, 2.05) is 12.1 Å². The molecular weight excluding hydrogens is 252 g/mol. The summed E-state index contributed by atoms with van der Waals surface area (Å²) in [5.41, 5.74) is 0. The molecule has 0 spiro atoms. The fourth-order valence-electron chi connectivity index (χ4n) is 2.94. The number of likely N-dealkylation sites (tertiary alicyclic amines) is 1. The zero-order valence-electron chi connectivity index (χ0n) is 12.6. The Bertz CT molecular complexity index is 393. The molecule has 0 saturated carbocycles. The molecule has 1 fully saturated rings. The third kappa shape index (κ3) is 3.63. The fraction of sp³-hybridized carbons (Fsp3) is 0.688. The molecule has 0 aromatic carbocycles. The maximum absolute atomic E-state index is 12.1. The summed E-state index contributed by atoms with van der Waals surface area (Å²) in [6, 6.07) is 4.10. The second-order valence-electron chi connectivity index (χ2n) is 5.53. The van der Waals surface area contributed by atoms with Gasteiger partial charge in [0.2, 0.25) is 5.91 Å². The highest BCUT2D eigenvalue weighted by atomic mass is 16.3. The van der Waals surface area contributed by atoms with E-state index in [-0.39, 0.29) is 17.9 Å². The minimum atomic E-state index is 0.130. The van der Waals surface area contributed by atoms with E-state index in [4.69, 9.17) is 4.42 Å². The summed E-state index contributed by atoms with van der Waals surface area (Å²) in [5.74, 6) is 1.26. The summed E-state index contributed by atoms with van der Waals surface area (Å²) in [4.78, 5) is 14.5. The number of rotatable bonds is 7. The third-order valence-corrected chi connectivity index (χ3v) is 4.28. The van der Waals surface area contributed by atoms with Crippen molar-refractivity contribution in [3.8, 4) is 0 Å². The van der Waals surface area contributed by atoms with E-state index in [1.165, 1.54) is 12.8 Å². The van der Waals surface area contributed by atoms with Gasteiger partial charge in [-0.3, -0.25) is 9.69 Å². The molecule has 0 radical (unpaired) electrons. The van der Waals surface area contributed by atoms with Crippen LogP contribution in [-0.4, -0.2) is 30.4 Å². The molecule has 4 heteroatoms. The number of carbonyl (C=O) groups is 1. The highest BCUT2D eigenvalue weighted by Gasteiger charge is 2.26. The van der Waals surface area contributed by atoms with Crippen LogP contribution in [0.3, 0.4) is 0 Å². The van der Waals surface area contributed by atoms with E-state index in [0.717, 1.165) is 31.7 Å². The van der Waals surface area contributed by atoms with Crippen LogP contribution in [0.25, 0.3) is 0 Å². The van der Waals surface area contributed by atoms with E-state index < -0.39 is 0 Å². The van der Waals surface area contributed by atoms with Crippen LogP contribution < -0.4 is 5.32 Å². The summed E-state index contributed by atoms with van der Waals surface area (Å²) in [7, 11) is 0. The van der Waals surface area contributed by atoms with Crippen LogP contribution in [0.15, 0.2) is 22.8 Å². The Labute approximate surface area is 121 Å². The molecule has 20 heavy (non-hydrogen) atoms. The molecule has 1 N–H and O–H groups in total. The van der Waals surface area contributed by atoms with Gasteiger partial charge in [-0.2, -0.15) is 0 Å². The first-order valence-electron chi connectivity index (χ1n) is 7.81. The number of carbonyl (C=O) groups excluding carboxylic acids is 1. The van der Waals surface area contributed by atoms with E-state index >= 15 is 0 Å². The molecule has 112 valence electrons. The van der Waals surface area contributed by atoms with Crippen molar-refractivity contribution in [2.45, 2.75) is 45.6 Å². The highest BCUT2D eigenvalue weighted by Crippen LogP contribution is 2.25. The topological polar surface area (TPSA) is 45.5 Å². The van der Waals surface area contributed by atoms with Gasteiger partial charge in [0.15, 0.2) is 0 Å². The smallest absolute Gasteiger partial charge is 0.223 e. The van der Waals surface area contributed by atoms with Gasteiger partial charge >= 0.3 is 0 Å². The Balaban J connectivity index is 1.96. The molecule has 1 aromatic heterocycles. The normalized spacial score (nSPS) is 17.6. The molecule has 1 unspecified atom stereocenters. The van der Waals surface area contributed by atoms with Gasteiger partial charge in [-0.25, -0.2) is 0 Å². The van der Waals surface area contributed by atoms with Crippen molar-refractivity contribution in [2.75, 3.05) is 19.6 Å². The second kappa shape index (κ2) is 7.48. The van der Waals surface area contributed by atoms with Crippen LogP contribution in [0, 0.1) is 5.92 Å². The lowest BCUT2D eigenvalue weighted by Gasteiger charge is -2.26. The summed E-state index contributed by atoms with van der Waals surface area (Å²) in [6.45, 7) is 6.96. The van der Waals surface area contributed by atoms with Gasteiger partial charge in [0.05, 0.1) is 12.3 Å². The predicted molar refractivity (Wildman–Crippen MR) is 79.3 cm³/mol. The fourth-order valence-corrected chi connectivity index (χ4v) is 2.94. The monoisotopic (exact) mass is 278 g/mol. The maximum atomic E-state index is 12.1. The summed E-state index contributed by atoms with van der Waals surface area (Å²) >= 11 is 0. The Morgan fingerprint density at radius 3 is 2.60 bits per heavy atom. The zero-order chi connectivity index (χ0) is 14.4. The molecular formula is C16H26N2O2. The molecule has 1 aliphatic rings. The first-order valence-corrected chi connectivity index (χ1v) is 7.81. The number of amides is 1. The lowest BCUT2D eigenvalue weighted by atomic mass is 10.0. The minimum absolute atomic E-state index is 0.130. The molecule has 1 amide bonds. The molecule has 1 atom stereocenters. The lowest BCUT2D eigenvalue weighted by molar-refractivity contribution is -0.125. The van der Waals surface area contributed by atoms with Crippen molar-refractivity contribution in [3.63, 3.8) is 0 Å². The molecule has 1 aliphatic heterocycles. The van der Waals surface area contributed by atoms with E-state index in [9.17, 15) is 4.79 Å². The van der Waals surface area contributed by atoms with Gasteiger partial charge in [-0.1, -0.05) is 13.8 Å². The predicted octanol–water partition coefficient (Wildman–Crippen LogP) is 2.97. The summed E-state index contributed by atoms with van der Waals surface area (Å²) < 4.78 is 5.56. The average Bonchev–Trinajstić information content (AvgIpc) is 3.13. The van der Waals surface area contributed by atoms with Crippen LogP contribution in [0.1, 0.15) is 51.3 Å². The van der Waals surface area contributed by atoms with Crippen LogP contribution >= 0.6 is 0 Å². The standard InChI is InChI=1S/C16H26N2O2/c1-3-13(4-2)16(19)17-12-14(15-8-7-11-20-15)18-9-5-6-10-18/h7-8,11,13-14H,3-6,9-10,12H2,1-2H3,(H,17,19). The van der Waals surface area contributed by atoms with Crippen molar-refractivity contribution < 1.29 is 9.21 Å². The first kappa shape index (κ1) is 15.1. The SMILES string of the molecule is CCC(CC)C(=O)NCC(c1ccco1)N1CCCC1. The van der Waals surface area contributed by atoms with Gasteiger partial charge < -0.3 is 9.73 Å². The number of hydrogen-bond acceptors (Lipinski definition) is 3. The molecule has 1 saturated heterocycles. The second-order valence-corrected chi connectivity index (χ2v) is 5.53. The zero-order valence-corrected chi connectivity index (χ0v) is 12.6. The molecule has 1 aromatic rings. The summed E-state index contributed by atoms with van der Waals surface area (Å²) in [5, 5.41) is 3.11. The molecule has 0 aliphatic carbocycles. The Morgan fingerprint density at radius 1 is 1.35 bits per heavy atom. The number of hydrogen-bond donors (Lipinski definition) is 1. The lowest BCUT2D eigenvalue weighted by Crippen LogP contribution is -2.39. The van der Waals surface area contributed by atoms with Crippen molar-refractivity contribution in [3.05, 3.63) is 24.2 Å². The van der Waals surface area contributed by atoms with E-state index in [2.05, 4.69) is 24.1 Å². The largest absolute Gasteiger partial charge is 0.468 e. The van der Waals surface area contributed by atoms with Gasteiger partial charge in [0.1, 0.15) is 5.76 Å².